The molecule has 0 aliphatic rings. The third-order valence-corrected chi connectivity index (χ3v) is 7.22. The van der Waals surface area contributed by atoms with E-state index in [-0.39, 0.29) is 57.8 Å². The SMILES string of the molecule is CCCCCCCCCCCCN(CCCCCCCCCCCC)C(C)CCCC(=O)[O-].[K+]. The summed E-state index contributed by atoms with van der Waals surface area (Å²) in [4.78, 5) is 13.4. The van der Waals surface area contributed by atoms with Gasteiger partial charge in [0, 0.05) is 12.0 Å². The summed E-state index contributed by atoms with van der Waals surface area (Å²) >= 11 is 0. The number of hydrogen-bond acceptors (Lipinski definition) is 3. The summed E-state index contributed by atoms with van der Waals surface area (Å²) in [7, 11) is 0. The molecule has 0 N–H and O–H groups in total. The summed E-state index contributed by atoms with van der Waals surface area (Å²) in [5.41, 5.74) is 0. The van der Waals surface area contributed by atoms with Gasteiger partial charge in [-0.25, -0.2) is 0 Å². The van der Waals surface area contributed by atoms with Crippen molar-refractivity contribution >= 4 is 5.97 Å². The predicted octanol–water partition coefficient (Wildman–Crippen LogP) is 5.44. The van der Waals surface area contributed by atoms with Gasteiger partial charge in [-0.15, -0.1) is 0 Å². The number of carboxylic acids is 1. The van der Waals surface area contributed by atoms with E-state index in [1.165, 1.54) is 142 Å². The van der Waals surface area contributed by atoms with Gasteiger partial charge in [0.25, 0.3) is 0 Å². The van der Waals surface area contributed by atoms with E-state index in [2.05, 4.69) is 25.7 Å². The van der Waals surface area contributed by atoms with Crippen molar-refractivity contribution in [2.75, 3.05) is 13.1 Å². The normalized spacial score (nSPS) is 12.1. The molecule has 0 saturated heterocycles. The van der Waals surface area contributed by atoms with Crippen LogP contribution in [0.25, 0.3) is 0 Å². The molecule has 1 unspecified atom stereocenters. The van der Waals surface area contributed by atoms with Crippen LogP contribution in [0.4, 0.5) is 0 Å². The van der Waals surface area contributed by atoms with Crippen molar-refractivity contribution in [3.63, 3.8) is 0 Å². The van der Waals surface area contributed by atoms with Crippen molar-refractivity contribution < 1.29 is 61.3 Å². The summed E-state index contributed by atoms with van der Waals surface area (Å²) in [6.45, 7) is 9.22. The van der Waals surface area contributed by atoms with E-state index in [0.717, 1.165) is 12.8 Å². The molecule has 1 atom stereocenters. The van der Waals surface area contributed by atoms with Gasteiger partial charge in [0.05, 0.1) is 0 Å². The first-order valence-corrected chi connectivity index (χ1v) is 15.1. The first-order chi connectivity index (χ1) is 16.1. The second-order valence-corrected chi connectivity index (χ2v) is 10.5. The summed E-state index contributed by atoms with van der Waals surface area (Å²) in [5, 5.41) is 10.8. The van der Waals surface area contributed by atoms with Gasteiger partial charge in [-0.1, -0.05) is 129 Å². The maximum absolute atomic E-state index is 10.8. The van der Waals surface area contributed by atoms with Gasteiger partial charge < -0.3 is 14.8 Å². The molecule has 198 valence electrons. The van der Waals surface area contributed by atoms with E-state index in [1.807, 2.05) is 0 Å². The summed E-state index contributed by atoms with van der Waals surface area (Å²) in [6.07, 6.45) is 29.5. The molecule has 0 amide bonds. The smallest absolute Gasteiger partial charge is 0.550 e. The fourth-order valence-corrected chi connectivity index (χ4v) is 4.88. The Morgan fingerprint density at radius 3 is 1.24 bits per heavy atom. The monoisotopic (exact) mass is 505 g/mol. The van der Waals surface area contributed by atoms with Gasteiger partial charge in [-0.3, -0.25) is 0 Å². The van der Waals surface area contributed by atoms with Crippen LogP contribution in [0.1, 0.15) is 168 Å². The van der Waals surface area contributed by atoms with Gasteiger partial charge in [0.1, 0.15) is 0 Å². The maximum Gasteiger partial charge on any atom is 1.00 e. The van der Waals surface area contributed by atoms with Crippen molar-refractivity contribution in [1.82, 2.24) is 4.90 Å². The summed E-state index contributed by atoms with van der Waals surface area (Å²) in [5.74, 6) is -0.905. The quantitative estimate of drug-likeness (QED) is 0.110. The zero-order valence-electron chi connectivity index (χ0n) is 24.0. The number of carbonyl (C=O) groups is 1. The van der Waals surface area contributed by atoms with Gasteiger partial charge in [0.15, 0.2) is 0 Å². The van der Waals surface area contributed by atoms with Gasteiger partial charge in [0.2, 0.25) is 0 Å². The van der Waals surface area contributed by atoms with Crippen LogP contribution in [0.15, 0.2) is 0 Å². The van der Waals surface area contributed by atoms with E-state index in [0.29, 0.717) is 6.04 Å². The average molecular weight is 506 g/mol. The number of hydrogen-bond donors (Lipinski definition) is 0. The standard InChI is InChI=1S/C30H61NO2.K/c1-4-6-8-10-12-14-16-18-20-22-27-31(29(3)25-24-26-30(32)33)28-23-21-19-17-15-13-11-9-7-5-2;/h29H,4-28H2,1-3H3,(H,32,33);/q;+1/p-1. The van der Waals surface area contributed by atoms with Crippen LogP contribution in [0, 0.1) is 0 Å². The Hall–Kier alpha value is 1.07. The van der Waals surface area contributed by atoms with Crippen LogP contribution in [0.5, 0.6) is 0 Å². The van der Waals surface area contributed by atoms with Crippen LogP contribution in [0.2, 0.25) is 0 Å². The first-order valence-electron chi connectivity index (χ1n) is 15.1. The molecule has 4 heteroatoms. The molecule has 3 nitrogen and oxygen atoms in total. The minimum atomic E-state index is -0.905. The van der Waals surface area contributed by atoms with Crippen molar-refractivity contribution in [3.05, 3.63) is 0 Å². The number of nitrogens with zero attached hydrogens (tertiary/aromatic N) is 1. The fourth-order valence-electron chi connectivity index (χ4n) is 4.88. The Morgan fingerprint density at radius 1 is 0.588 bits per heavy atom. The molecule has 0 aromatic rings. The Balaban J connectivity index is 0. The van der Waals surface area contributed by atoms with Crippen molar-refractivity contribution in [3.8, 4) is 0 Å². The zero-order chi connectivity index (χ0) is 24.4. The van der Waals surface area contributed by atoms with E-state index in [4.69, 9.17) is 0 Å². The third-order valence-electron chi connectivity index (χ3n) is 7.22. The van der Waals surface area contributed by atoms with E-state index < -0.39 is 5.97 Å². The minimum Gasteiger partial charge on any atom is -0.550 e. The molecule has 0 fully saturated rings. The van der Waals surface area contributed by atoms with E-state index >= 15 is 0 Å². The molecular weight excluding hydrogens is 445 g/mol. The molecule has 0 spiro atoms. The topological polar surface area (TPSA) is 43.4 Å². The fraction of sp³-hybridized carbons (Fsp3) is 0.967. The minimum absolute atomic E-state index is 0. The molecule has 0 aromatic heterocycles. The van der Waals surface area contributed by atoms with Gasteiger partial charge in [-0.2, -0.15) is 0 Å². The number of carboxylic acid groups (broad SMARTS) is 1. The number of rotatable bonds is 27. The van der Waals surface area contributed by atoms with Crippen molar-refractivity contribution in [2.24, 2.45) is 0 Å². The van der Waals surface area contributed by atoms with Crippen LogP contribution < -0.4 is 56.5 Å². The Bertz CT molecular complexity index is 381. The predicted molar refractivity (Wildman–Crippen MR) is 144 cm³/mol. The van der Waals surface area contributed by atoms with Crippen LogP contribution in [-0.2, 0) is 4.79 Å². The second kappa shape index (κ2) is 30.3. The Labute approximate surface area is 257 Å². The van der Waals surface area contributed by atoms with E-state index in [1.54, 1.807) is 0 Å². The van der Waals surface area contributed by atoms with Crippen molar-refractivity contribution in [2.45, 2.75) is 174 Å². The zero-order valence-corrected chi connectivity index (χ0v) is 27.1. The molecular formula is C30H60KNO2. The molecule has 0 rings (SSSR count). The average Bonchev–Trinajstić information content (AvgIpc) is 2.79. The molecule has 0 saturated carbocycles. The van der Waals surface area contributed by atoms with Gasteiger partial charge in [-0.05, 0) is 52.1 Å². The maximum atomic E-state index is 10.8. The molecule has 0 aliphatic carbocycles. The Morgan fingerprint density at radius 2 is 0.912 bits per heavy atom. The number of unbranched alkanes of at least 4 members (excludes halogenated alkanes) is 18. The number of aliphatic carboxylic acids is 1. The van der Waals surface area contributed by atoms with Crippen LogP contribution >= 0.6 is 0 Å². The number of carbonyl (C=O) groups excluding carboxylic acids is 1. The largest absolute Gasteiger partial charge is 1.00 e. The first kappa shape index (κ1) is 37.2. The molecule has 0 radical (unpaired) electrons. The molecule has 34 heavy (non-hydrogen) atoms. The molecule has 0 aliphatic heterocycles. The van der Waals surface area contributed by atoms with Crippen LogP contribution in [0.3, 0.4) is 0 Å². The van der Waals surface area contributed by atoms with Gasteiger partial charge >= 0.3 is 51.4 Å². The van der Waals surface area contributed by atoms with E-state index in [9.17, 15) is 9.90 Å². The summed E-state index contributed by atoms with van der Waals surface area (Å²) in [6, 6.07) is 0.487. The Kier molecular flexibility index (Phi) is 33.2. The van der Waals surface area contributed by atoms with Crippen molar-refractivity contribution in [1.29, 1.82) is 0 Å². The molecule has 0 aromatic carbocycles. The summed E-state index contributed by atoms with van der Waals surface area (Å²) < 4.78 is 0. The molecule has 0 bridgehead atoms. The third kappa shape index (κ3) is 27.7. The van der Waals surface area contributed by atoms with Crippen LogP contribution in [-0.4, -0.2) is 30.0 Å². The molecule has 0 heterocycles. The second-order valence-electron chi connectivity index (χ2n) is 10.5.